The number of hydrogen-bond acceptors (Lipinski definition) is 14. The molecule has 2 aliphatic heterocycles. The number of carbonyl (C=O) groups is 3. The Hall–Kier alpha value is -3.18. The van der Waals surface area contributed by atoms with Crippen LogP contribution in [0.2, 0.25) is 0 Å². The maximum atomic E-state index is 12.8. The Kier molecular flexibility index (Phi) is 6.52. The Balaban J connectivity index is 1.49. The van der Waals surface area contributed by atoms with Crippen LogP contribution in [0, 0.1) is 0 Å². The average molecular weight is 511 g/mol. The van der Waals surface area contributed by atoms with Crippen LogP contribution in [0.4, 0.5) is 5.13 Å². The molecule has 17 heteroatoms. The molecule has 4 rings (SSSR count). The second-order valence-corrected chi connectivity index (χ2v) is 9.60. The van der Waals surface area contributed by atoms with Gasteiger partial charge in [0, 0.05) is 23.9 Å². The molecule has 2 aliphatic rings. The fraction of sp³-hybridized carbons (Fsp3) is 0.375. The molecule has 174 valence electrons. The van der Waals surface area contributed by atoms with E-state index in [1.165, 1.54) is 40.7 Å². The van der Waals surface area contributed by atoms with Gasteiger partial charge < -0.3 is 25.8 Å². The van der Waals surface area contributed by atoms with Gasteiger partial charge in [-0.1, -0.05) is 16.9 Å². The summed E-state index contributed by atoms with van der Waals surface area (Å²) in [6, 6.07) is -0.952. The van der Waals surface area contributed by atoms with E-state index in [4.69, 9.17) is 10.6 Å². The fourth-order valence-electron chi connectivity index (χ4n) is 3.18. The molecule has 0 aromatic carbocycles. The molecule has 4 heterocycles. The van der Waals surface area contributed by atoms with Crippen LogP contribution in [-0.2, 0) is 26.3 Å². The molecule has 2 atom stereocenters. The van der Waals surface area contributed by atoms with Crippen molar-refractivity contribution in [2.45, 2.75) is 16.6 Å². The van der Waals surface area contributed by atoms with Gasteiger partial charge >= 0.3 is 0 Å². The Morgan fingerprint density at radius 2 is 2.27 bits per heavy atom. The van der Waals surface area contributed by atoms with Crippen LogP contribution in [0.5, 0.6) is 0 Å². The molecule has 0 saturated carbocycles. The second-order valence-electron chi connectivity index (χ2n) is 6.67. The number of thioether (sulfide) groups is 2. The molecule has 14 nitrogen and oxygen atoms in total. The number of amides is 2. The van der Waals surface area contributed by atoms with E-state index in [1.807, 2.05) is 0 Å². The maximum absolute atomic E-state index is 12.8. The normalized spacial score (nSPS) is 20.4. The lowest BCUT2D eigenvalue weighted by Gasteiger charge is -2.50. The van der Waals surface area contributed by atoms with Gasteiger partial charge in [-0.25, -0.2) is 9.67 Å². The maximum Gasteiger partial charge on any atom is 0.276 e. The highest BCUT2D eigenvalue weighted by Crippen LogP contribution is 2.41. The first kappa shape index (κ1) is 23.0. The van der Waals surface area contributed by atoms with Crippen LogP contribution in [0.3, 0.4) is 0 Å². The van der Waals surface area contributed by atoms with Crippen LogP contribution in [0.25, 0.3) is 0 Å². The molecular formula is C16H16N9O5S3-. The third kappa shape index (κ3) is 4.38. The summed E-state index contributed by atoms with van der Waals surface area (Å²) in [6.45, 7) is 0. The zero-order valence-electron chi connectivity index (χ0n) is 17.1. The number of tetrazole rings is 1. The lowest BCUT2D eigenvalue weighted by Crippen LogP contribution is -2.71. The highest BCUT2D eigenvalue weighted by Gasteiger charge is 2.53. The number of carboxylic acid groups (broad SMARTS) is 1. The van der Waals surface area contributed by atoms with E-state index in [1.54, 1.807) is 7.05 Å². The molecule has 1 fully saturated rings. The first-order valence-electron chi connectivity index (χ1n) is 9.18. The molecule has 2 aromatic rings. The fourth-order valence-corrected chi connectivity index (χ4v) is 6.06. The minimum Gasteiger partial charge on any atom is -0.543 e. The first-order chi connectivity index (χ1) is 15.8. The highest BCUT2D eigenvalue weighted by atomic mass is 32.2. The number of carboxylic acids is 1. The van der Waals surface area contributed by atoms with E-state index < -0.39 is 29.2 Å². The summed E-state index contributed by atoms with van der Waals surface area (Å²) in [5, 5.41) is 30.9. The number of oxime groups is 1. The van der Waals surface area contributed by atoms with E-state index in [2.05, 4.69) is 31.0 Å². The Morgan fingerprint density at radius 1 is 1.48 bits per heavy atom. The van der Waals surface area contributed by atoms with Crippen LogP contribution in [0.1, 0.15) is 5.69 Å². The number of nitrogens with one attached hydrogen (secondary N) is 1. The Labute approximate surface area is 198 Å². The number of hydrogen-bond donors (Lipinski definition) is 2. The van der Waals surface area contributed by atoms with Gasteiger partial charge in [0.25, 0.3) is 11.8 Å². The first-order valence-corrected chi connectivity index (χ1v) is 12.1. The van der Waals surface area contributed by atoms with E-state index in [0.29, 0.717) is 16.5 Å². The largest absolute Gasteiger partial charge is 0.543 e. The molecule has 0 aliphatic carbocycles. The summed E-state index contributed by atoms with van der Waals surface area (Å²) in [5.41, 5.74) is 5.97. The van der Waals surface area contributed by atoms with Crippen molar-refractivity contribution in [3.05, 3.63) is 22.3 Å². The summed E-state index contributed by atoms with van der Waals surface area (Å²) in [4.78, 5) is 47.3. The van der Waals surface area contributed by atoms with E-state index in [0.717, 1.165) is 16.2 Å². The number of β-lactam (4-membered cyclic amide) rings is 1. The van der Waals surface area contributed by atoms with Crippen molar-refractivity contribution in [1.82, 2.24) is 35.4 Å². The number of carbonyl (C=O) groups excluding carboxylic acids is 3. The van der Waals surface area contributed by atoms with Gasteiger partial charge in [-0.05, 0) is 16.0 Å². The lowest BCUT2D eigenvalue weighted by atomic mass is 10.0. The molecule has 0 spiro atoms. The molecule has 3 N–H and O–H groups in total. The lowest BCUT2D eigenvalue weighted by molar-refractivity contribution is -0.301. The average Bonchev–Trinajstić information content (AvgIpc) is 3.40. The van der Waals surface area contributed by atoms with Gasteiger partial charge in [0.05, 0.1) is 11.7 Å². The van der Waals surface area contributed by atoms with Crippen LogP contribution >= 0.6 is 34.9 Å². The number of aliphatic carboxylic acids is 1. The number of nitrogen functional groups attached to an aromatic ring is 1. The molecular weight excluding hydrogens is 494 g/mol. The predicted octanol–water partition coefficient (Wildman–Crippen LogP) is -2.20. The summed E-state index contributed by atoms with van der Waals surface area (Å²) >= 11 is 3.69. The van der Waals surface area contributed by atoms with Crippen molar-refractivity contribution in [3.63, 3.8) is 0 Å². The van der Waals surface area contributed by atoms with E-state index in [-0.39, 0.29) is 28.0 Å². The second kappa shape index (κ2) is 9.36. The standard InChI is InChI=1S/C16H17N9O5S3/c1-24-16(20-22-23-24)33-4-6-3-31-13-9(12(27)25(13)10(6)14(28)29)19-11(26)8(21-30-2)7-5-32-15(17)18-7/h5,9,13H,3-4H2,1-2H3,(H2,17,18)(H,19,26)(H,28,29)/p-1/b21-8-/t9-,13-/m1/s1. The molecule has 0 radical (unpaired) electrons. The summed E-state index contributed by atoms with van der Waals surface area (Å²) in [5.74, 6) is -2.16. The number of anilines is 1. The Morgan fingerprint density at radius 3 is 2.88 bits per heavy atom. The van der Waals surface area contributed by atoms with Gasteiger partial charge in [0.2, 0.25) is 5.16 Å². The van der Waals surface area contributed by atoms with Crippen molar-refractivity contribution in [2.75, 3.05) is 24.3 Å². The van der Waals surface area contributed by atoms with Gasteiger partial charge in [0.1, 0.15) is 24.2 Å². The third-order valence-corrected chi connectivity index (χ3v) is 7.76. The molecule has 2 amide bonds. The van der Waals surface area contributed by atoms with Gasteiger partial charge in [-0.3, -0.25) is 14.5 Å². The van der Waals surface area contributed by atoms with E-state index >= 15 is 0 Å². The number of rotatable bonds is 8. The van der Waals surface area contributed by atoms with Crippen LogP contribution in [0.15, 0.2) is 27.0 Å². The number of aryl methyl sites for hydroxylation is 1. The number of nitrogens with two attached hydrogens (primary N) is 1. The molecule has 1 saturated heterocycles. The quantitative estimate of drug-likeness (QED) is 0.169. The topological polar surface area (TPSA) is 194 Å². The zero-order chi connectivity index (χ0) is 23.7. The molecule has 0 unspecified atom stereocenters. The molecule has 33 heavy (non-hydrogen) atoms. The van der Waals surface area contributed by atoms with Crippen LogP contribution in [-0.4, -0.2) is 83.6 Å². The van der Waals surface area contributed by atoms with Gasteiger partial charge in [-0.15, -0.1) is 28.2 Å². The van der Waals surface area contributed by atoms with Crippen molar-refractivity contribution in [1.29, 1.82) is 0 Å². The Bertz CT molecular complexity index is 1180. The summed E-state index contributed by atoms with van der Waals surface area (Å²) in [6.07, 6.45) is 0. The van der Waals surface area contributed by atoms with Crippen molar-refractivity contribution < 1.29 is 24.3 Å². The van der Waals surface area contributed by atoms with E-state index in [9.17, 15) is 19.5 Å². The number of nitrogens with zero attached hydrogens (tertiary/aromatic N) is 7. The smallest absolute Gasteiger partial charge is 0.276 e. The van der Waals surface area contributed by atoms with Crippen molar-refractivity contribution >= 4 is 63.5 Å². The number of aromatic nitrogens is 5. The number of fused-ring (bicyclic) bond motifs is 1. The van der Waals surface area contributed by atoms with Gasteiger partial charge in [-0.2, -0.15) is 0 Å². The summed E-state index contributed by atoms with van der Waals surface area (Å²) in [7, 11) is 2.93. The summed E-state index contributed by atoms with van der Waals surface area (Å²) < 4.78 is 1.46. The molecule has 2 aromatic heterocycles. The third-order valence-electron chi connectivity index (χ3n) is 4.65. The minimum absolute atomic E-state index is 0.150. The SMILES string of the molecule is CO/N=C(\C(=O)N[C@@H]1C(=O)N2C(C(=O)[O-])=C(CSc3nnnn3C)CS[C@H]12)c1csc(N)n1. The van der Waals surface area contributed by atoms with Crippen LogP contribution < -0.4 is 16.2 Å². The van der Waals surface area contributed by atoms with Crippen molar-refractivity contribution in [2.24, 2.45) is 12.2 Å². The van der Waals surface area contributed by atoms with Crippen molar-refractivity contribution in [3.8, 4) is 0 Å². The predicted molar refractivity (Wildman–Crippen MR) is 117 cm³/mol. The van der Waals surface area contributed by atoms with Gasteiger partial charge in [0.15, 0.2) is 10.8 Å². The monoisotopic (exact) mass is 510 g/mol. The zero-order valence-corrected chi connectivity index (χ0v) is 19.6. The molecule has 0 bridgehead atoms. The highest BCUT2D eigenvalue weighted by molar-refractivity contribution is 8.01. The number of thiazole rings is 1. The minimum atomic E-state index is -1.47.